The van der Waals surface area contributed by atoms with Crippen LogP contribution in [0.25, 0.3) is 0 Å². The standard InChI is InChI=1S/C15H23N5/c1-4-16-14(11-15-17-19-20(3)18-15)10-9-13-7-5-12(2)6-8-13/h5-8,14,16H,4,9-11H2,1-3H3. The summed E-state index contributed by atoms with van der Waals surface area (Å²) in [5, 5.41) is 15.7. The van der Waals surface area contributed by atoms with Gasteiger partial charge in [-0.15, -0.1) is 10.2 Å². The zero-order valence-corrected chi connectivity index (χ0v) is 12.5. The molecule has 0 aliphatic rings. The monoisotopic (exact) mass is 273 g/mol. The minimum Gasteiger partial charge on any atom is -0.314 e. The highest BCUT2D eigenvalue weighted by Crippen LogP contribution is 2.09. The van der Waals surface area contributed by atoms with E-state index in [4.69, 9.17) is 0 Å². The molecule has 108 valence electrons. The van der Waals surface area contributed by atoms with Gasteiger partial charge in [0.1, 0.15) is 0 Å². The molecule has 0 spiro atoms. The third-order valence-corrected chi connectivity index (χ3v) is 3.37. The molecule has 1 aromatic heterocycles. The van der Waals surface area contributed by atoms with Crippen molar-refractivity contribution in [1.29, 1.82) is 0 Å². The number of hydrogen-bond acceptors (Lipinski definition) is 4. The summed E-state index contributed by atoms with van der Waals surface area (Å²) in [5.41, 5.74) is 2.69. The second-order valence-electron chi connectivity index (χ2n) is 5.18. The molecular weight excluding hydrogens is 250 g/mol. The molecule has 0 radical (unpaired) electrons. The largest absolute Gasteiger partial charge is 0.314 e. The summed E-state index contributed by atoms with van der Waals surface area (Å²) in [4.78, 5) is 1.51. The van der Waals surface area contributed by atoms with E-state index >= 15 is 0 Å². The molecule has 0 aliphatic carbocycles. The van der Waals surface area contributed by atoms with Gasteiger partial charge in [-0.2, -0.15) is 4.80 Å². The Labute approximate surface area is 120 Å². The van der Waals surface area contributed by atoms with E-state index in [2.05, 4.69) is 58.8 Å². The molecule has 1 aromatic carbocycles. The number of nitrogens with one attached hydrogen (secondary N) is 1. The lowest BCUT2D eigenvalue weighted by Gasteiger charge is -2.16. The zero-order chi connectivity index (χ0) is 14.4. The first-order chi connectivity index (χ1) is 9.67. The van der Waals surface area contributed by atoms with Crippen molar-refractivity contribution in [2.45, 2.75) is 39.2 Å². The van der Waals surface area contributed by atoms with E-state index in [1.807, 2.05) is 0 Å². The van der Waals surface area contributed by atoms with Crippen molar-refractivity contribution in [2.75, 3.05) is 6.54 Å². The third-order valence-electron chi connectivity index (χ3n) is 3.37. The van der Waals surface area contributed by atoms with E-state index in [-0.39, 0.29) is 0 Å². The summed E-state index contributed by atoms with van der Waals surface area (Å²) in [7, 11) is 1.80. The van der Waals surface area contributed by atoms with Gasteiger partial charge in [0.2, 0.25) is 0 Å². The smallest absolute Gasteiger partial charge is 0.176 e. The highest BCUT2D eigenvalue weighted by molar-refractivity contribution is 5.21. The average molecular weight is 273 g/mol. The second kappa shape index (κ2) is 7.14. The van der Waals surface area contributed by atoms with Crippen molar-refractivity contribution in [3.63, 3.8) is 0 Å². The SMILES string of the molecule is CCNC(CCc1ccc(C)cc1)Cc1nnn(C)n1. The first kappa shape index (κ1) is 14.7. The van der Waals surface area contributed by atoms with Crippen molar-refractivity contribution < 1.29 is 0 Å². The number of benzene rings is 1. The van der Waals surface area contributed by atoms with E-state index in [0.29, 0.717) is 6.04 Å². The van der Waals surface area contributed by atoms with Crippen LogP contribution in [0, 0.1) is 6.92 Å². The number of aromatic nitrogens is 4. The molecule has 1 heterocycles. The quantitative estimate of drug-likeness (QED) is 0.834. The number of tetrazole rings is 1. The van der Waals surface area contributed by atoms with Crippen LogP contribution in [0.5, 0.6) is 0 Å². The van der Waals surface area contributed by atoms with Crippen molar-refractivity contribution in [3.05, 3.63) is 41.2 Å². The Kier molecular flexibility index (Phi) is 5.24. The fourth-order valence-corrected chi connectivity index (χ4v) is 2.29. The van der Waals surface area contributed by atoms with E-state index in [9.17, 15) is 0 Å². The number of likely N-dealkylation sites (N-methyl/N-ethyl adjacent to an activating group) is 1. The Hall–Kier alpha value is -1.75. The van der Waals surface area contributed by atoms with E-state index < -0.39 is 0 Å². The summed E-state index contributed by atoms with van der Waals surface area (Å²) < 4.78 is 0. The molecule has 5 heteroatoms. The van der Waals surface area contributed by atoms with Gasteiger partial charge in [-0.3, -0.25) is 0 Å². The lowest BCUT2D eigenvalue weighted by Crippen LogP contribution is -2.32. The van der Waals surface area contributed by atoms with Gasteiger partial charge in [0.25, 0.3) is 0 Å². The molecule has 1 atom stereocenters. The van der Waals surface area contributed by atoms with Gasteiger partial charge in [0.05, 0.1) is 7.05 Å². The van der Waals surface area contributed by atoms with Crippen LogP contribution in [-0.2, 0) is 19.9 Å². The lowest BCUT2D eigenvalue weighted by atomic mass is 10.0. The van der Waals surface area contributed by atoms with Crippen LogP contribution in [0.2, 0.25) is 0 Å². The molecular formula is C15H23N5. The first-order valence-corrected chi connectivity index (χ1v) is 7.19. The maximum absolute atomic E-state index is 4.25. The van der Waals surface area contributed by atoms with Gasteiger partial charge < -0.3 is 5.32 Å². The van der Waals surface area contributed by atoms with Crippen LogP contribution in [-0.4, -0.2) is 32.8 Å². The van der Waals surface area contributed by atoms with Gasteiger partial charge in [-0.1, -0.05) is 36.8 Å². The van der Waals surface area contributed by atoms with Crippen LogP contribution in [0.4, 0.5) is 0 Å². The van der Waals surface area contributed by atoms with E-state index in [0.717, 1.165) is 31.6 Å². The van der Waals surface area contributed by atoms with Gasteiger partial charge in [0.15, 0.2) is 5.82 Å². The van der Waals surface area contributed by atoms with Gasteiger partial charge in [-0.25, -0.2) is 0 Å². The van der Waals surface area contributed by atoms with Gasteiger partial charge >= 0.3 is 0 Å². The van der Waals surface area contributed by atoms with E-state index in [1.54, 1.807) is 7.05 Å². The van der Waals surface area contributed by atoms with Gasteiger partial charge in [-0.05, 0) is 37.1 Å². The van der Waals surface area contributed by atoms with Crippen LogP contribution < -0.4 is 5.32 Å². The van der Waals surface area contributed by atoms with E-state index in [1.165, 1.54) is 15.9 Å². The molecule has 0 bridgehead atoms. The predicted molar refractivity (Wildman–Crippen MR) is 79.5 cm³/mol. The fourth-order valence-electron chi connectivity index (χ4n) is 2.29. The minimum absolute atomic E-state index is 0.394. The predicted octanol–water partition coefficient (Wildman–Crippen LogP) is 1.67. The third kappa shape index (κ3) is 4.42. The Balaban J connectivity index is 1.90. The van der Waals surface area contributed by atoms with Crippen LogP contribution >= 0.6 is 0 Å². The molecule has 0 amide bonds. The van der Waals surface area contributed by atoms with Crippen molar-refractivity contribution in [2.24, 2.45) is 7.05 Å². The first-order valence-electron chi connectivity index (χ1n) is 7.19. The molecule has 2 aromatic rings. The molecule has 20 heavy (non-hydrogen) atoms. The Morgan fingerprint density at radius 2 is 2.00 bits per heavy atom. The Bertz CT molecular complexity index is 517. The lowest BCUT2D eigenvalue weighted by molar-refractivity contribution is 0.481. The number of rotatable bonds is 7. The maximum atomic E-state index is 4.25. The van der Waals surface area contributed by atoms with Crippen LogP contribution in [0.3, 0.4) is 0 Å². The average Bonchev–Trinajstić information content (AvgIpc) is 2.83. The Morgan fingerprint density at radius 1 is 1.25 bits per heavy atom. The van der Waals surface area contributed by atoms with Crippen molar-refractivity contribution in [1.82, 2.24) is 25.5 Å². The molecule has 1 N–H and O–H groups in total. The molecule has 2 rings (SSSR count). The minimum atomic E-state index is 0.394. The highest BCUT2D eigenvalue weighted by Gasteiger charge is 2.12. The fraction of sp³-hybridized carbons (Fsp3) is 0.533. The summed E-state index contributed by atoms with van der Waals surface area (Å²) in [6.45, 7) is 5.20. The summed E-state index contributed by atoms with van der Waals surface area (Å²) in [6, 6.07) is 9.15. The molecule has 0 fully saturated rings. The molecule has 0 aliphatic heterocycles. The van der Waals surface area contributed by atoms with Crippen molar-refractivity contribution in [3.8, 4) is 0 Å². The number of nitrogens with zero attached hydrogens (tertiary/aromatic N) is 4. The molecule has 5 nitrogen and oxygen atoms in total. The number of hydrogen-bond donors (Lipinski definition) is 1. The summed E-state index contributed by atoms with van der Waals surface area (Å²) in [5.74, 6) is 0.808. The van der Waals surface area contributed by atoms with Crippen LogP contribution in [0.15, 0.2) is 24.3 Å². The zero-order valence-electron chi connectivity index (χ0n) is 12.5. The summed E-state index contributed by atoms with van der Waals surface area (Å²) in [6.07, 6.45) is 2.97. The molecule has 0 saturated heterocycles. The van der Waals surface area contributed by atoms with Gasteiger partial charge in [0, 0.05) is 12.5 Å². The highest BCUT2D eigenvalue weighted by atomic mass is 15.6. The normalized spacial score (nSPS) is 12.6. The van der Waals surface area contributed by atoms with Crippen molar-refractivity contribution >= 4 is 0 Å². The number of aryl methyl sites for hydroxylation is 3. The second-order valence-corrected chi connectivity index (χ2v) is 5.18. The maximum Gasteiger partial charge on any atom is 0.176 e. The van der Waals surface area contributed by atoms with Crippen LogP contribution in [0.1, 0.15) is 30.3 Å². The topological polar surface area (TPSA) is 55.6 Å². The summed E-state index contributed by atoms with van der Waals surface area (Å²) >= 11 is 0. The Morgan fingerprint density at radius 3 is 2.60 bits per heavy atom. The molecule has 0 saturated carbocycles. The molecule has 1 unspecified atom stereocenters.